The van der Waals surface area contributed by atoms with Crippen LogP contribution in [0.3, 0.4) is 0 Å². The summed E-state index contributed by atoms with van der Waals surface area (Å²) in [6.45, 7) is 5.78. The van der Waals surface area contributed by atoms with Gasteiger partial charge in [-0.05, 0) is 32.9 Å². The van der Waals surface area contributed by atoms with E-state index in [0.29, 0.717) is 15.6 Å². The first kappa shape index (κ1) is 12.5. The maximum Gasteiger partial charge on any atom is 0.209 e. The fourth-order valence-electron chi connectivity index (χ4n) is 0.890. The summed E-state index contributed by atoms with van der Waals surface area (Å²) in [5.74, 6) is 0. The molecule has 0 aromatic heterocycles. The van der Waals surface area contributed by atoms with Crippen LogP contribution >= 0.6 is 11.8 Å². The van der Waals surface area contributed by atoms with E-state index in [1.807, 2.05) is 51.1 Å². The minimum atomic E-state index is -0.325. The van der Waals surface area contributed by atoms with Gasteiger partial charge in [0.2, 0.25) is 4.38 Å². The molecule has 0 atom stereocenters. The van der Waals surface area contributed by atoms with Crippen LogP contribution < -0.4 is 0 Å². The molecular formula is C11H14O2S2. The fraction of sp³-hybridized carbons (Fsp3) is 0.364. The van der Waals surface area contributed by atoms with Crippen LogP contribution in [0.1, 0.15) is 20.8 Å². The van der Waals surface area contributed by atoms with Crippen LogP contribution in [0.2, 0.25) is 0 Å². The summed E-state index contributed by atoms with van der Waals surface area (Å²) in [5, 5.41) is 0. The number of thioether (sulfide) groups is 1. The van der Waals surface area contributed by atoms with Crippen molar-refractivity contribution >= 4 is 27.4 Å². The third-order valence-electron chi connectivity index (χ3n) is 1.40. The molecule has 1 aromatic carbocycles. The summed E-state index contributed by atoms with van der Waals surface area (Å²) >= 11 is 1.76. The highest BCUT2D eigenvalue weighted by molar-refractivity contribution is 8.20. The smallest absolute Gasteiger partial charge is 0.209 e. The second kappa shape index (κ2) is 5.49. The molecule has 15 heavy (non-hydrogen) atoms. The topological polar surface area (TPSA) is 26.3 Å². The predicted octanol–water partition coefficient (Wildman–Crippen LogP) is 2.89. The van der Waals surface area contributed by atoms with Crippen molar-refractivity contribution in [2.75, 3.05) is 0 Å². The van der Waals surface area contributed by atoms with Crippen molar-refractivity contribution in [3.8, 4) is 0 Å². The maximum atomic E-state index is 10.8. The van der Waals surface area contributed by atoms with Crippen molar-refractivity contribution < 1.29 is 8.95 Å². The third-order valence-corrected chi connectivity index (χ3v) is 2.83. The van der Waals surface area contributed by atoms with E-state index in [2.05, 4.69) is 0 Å². The lowest BCUT2D eigenvalue weighted by atomic mass is 10.2. The number of hydrogen-bond acceptors (Lipinski definition) is 3. The van der Waals surface area contributed by atoms with Gasteiger partial charge >= 0.3 is 0 Å². The molecule has 0 aliphatic carbocycles. The van der Waals surface area contributed by atoms with E-state index in [1.54, 1.807) is 0 Å². The molecule has 0 spiro atoms. The van der Waals surface area contributed by atoms with E-state index < -0.39 is 0 Å². The number of ether oxygens (including phenoxy) is 1. The van der Waals surface area contributed by atoms with Gasteiger partial charge in [-0.2, -0.15) is 0 Å². The lowest BCUT2D eigenvalue weighted by molar-refractivity contribution is 0.127. The zero-order chi connectivity index (χ0) is 11.3. The number of hydrogen-bond donors (Lipinski definition) is 0. The lowest BCUT2D eigenvalue weighted by Crippen LogP contribution is -2.22. The highest BCUT2D eigenvalue weighted by Gasteiger charge is 2.15. The van der Waals surface area contributed by atoms with Gasteiger partial charge in [-0.3, -0.25) is 0 Å². The van der Waals surface area contributed by atoms with Crippen LogP contribution in [0.15, 0.2) is 35.2 Å². The SMILES string of the molecule is CC(C)(C)OC(Sc1ccccc1)=S=O. The summed E-state index contributed by atoms with van der Waals surface area (Å²) < 4.78 is 16.8. The van der Waals surface area contributed by atoms with Crippen LogP contribution in [0.5, 0.6) is 0 Å². The molecule has 1 aromatic rings. The van der Waals surface area contributed by atoms with Gasteiger partial charge in [0, 0.05) is 4.90 Å². The molecular weight excluding hydrogens is 228 g/mol. The van der Waals surface area contributed by atoms with Crippen molar-refractivity contribution in [2.45, 2.75) is 31.3 Å². The van der Waals surface area contributed by atoms with Crippen LogP contribution in [0, 0.1) is 0 Å². The van der Waals surface area contributed by atoms with E-state index in [1.165, 1.54) is 11.8 Å². The zero-order valence-electron chi connectivity index (χ0n) is 9.02. The maximum absolute atomic E-state index is 10.8. The molecule has 0 amide bonds. The number of rotatable bonds is 1. The van der Waals surface area contributed by atoms with Crippen molar-refractivity contribution in [3.05, 3.63) is 30.3 Å². The predicted molar refractivity (Wildman–Crippen MR) is 66.3 cm³/mol. The zero-order valence-corrected chi connectivity index (χ0v) is 10.7. The molecule has 0 N–H and O–H groups in total. The monoisotopic (exact) mass is 242 g/mol. The summed E-state index contributed by atoms with van der Waals surface area (Å²) in [4.78, 5) is 1.01. The Morgan fingerprint density at radius 1 is 1.20 bits per heavy atom. The Morgan fingerprint density at radius 3 is 2.27 bits per heavy atom. The average Bonchev–Trinajstić information content (AvgIpc) is 2.16. The quantitative estimate of drug-likeness (QED) is 0.559. The van der Waals surface area contributed by atoms with Crippen LogP contribution in [0.4, 0.5) is 0 Å². The summed E-state index contributed by atoms with van der Waals surface area (Å²) in [7, 11) is 0. The molecule has 0 radical (unpaired) electrons. The first-order valence-corrected chi connectivity index (χ1v) is 6.16. The van der Waals surface area contributed by atoms with Crippen LogP contribution in [-0.2, 0) is 16.0 Å². The van der Waals surface area contributed by atoms with E-state index in [-0.39, 0.29) is 5.60 Å². The molecule has 2 nitrogen and oxygen atoms in total. The van der Waals surface area contributed by atoms with Crippen molar-refractivity contribution in [2.24, 2.45) is 0 Å². The second-order valence-corrected chi connectivity index (χ2v) is 5.81. The summed E-state index contributed by atoms with van der Waals surface area (Å²) in [6, 6.07) is 9.72. The van der Waals surface area contributed by atoms with Gasteiger partial charge < -0.3 is 4.74 Å². The Hall–Kier alpha value is -0.580. The largest absolute Gasteiger partial charge is 0.322 e. The first-order chi connectivity index (χ1) is 7.01. The Labute approximate surface area is 98.1 Å². The minimum Gasteiger partial charge on any atom is -0.322 e. The van der Waals surface area contributed by atoms with Crippen molar-refractivity contribution in [3.63, 3.8) is 0 Å². The third kappa shape index (κ3) is 5.16. The van der Waals surface area contributed by atoms with Gasteiger partial charge in [0.15, 0.2) is 0 Å². The van der Waals surface area contributed by atoms with E-state index in [9.17, 15) is 4.21 Å². The minimum absolute atomic E-state index is 0.325. The highest BCUT2D eigenvalue weighted by atomic mass is 32.2. The molecule has 0 saturated carbocycles. The van der Waals surface area contributed by atoms with Crippen molar-refractivity contribution in [1.29, 1.82) is 0 Å². The van der Waals surface area contributed by atoms with Gasteiger partial charge in [0.05, 0.1) is 5.60 Å². The van der Waals surface area contributed by atoms with Gasteiger partial charge in [-0.15, -0.1) is 0 Å². The van der Waals surface area contributed by atoms with Gasteiger partial charge in [-0.25, -0.2) is 4.21 Å². The summed E-state index contributed by atoms with van der Waals surface area (Å²) in [6.07, 6.45) is 0. The number of benzene rings is 1. The van der Waals surface area contributed by atoms with E-state index in [4.69, 9.17) is 4.74 Å². The Bertz CT molecular complexity index is 362. The normalized spacial score (nSPS) is 11.1. The molecule has 0 saturated heterocycles. The average molecular weight is 242 g/mol. The van der Waals surface area contributed by atoms with Crippen molar-refractivity contribution in [1.82, 2.24) is 0 Å². The van der Waals surface area contributed by atoms with Gasteiger partial charge in [-0.1, -0.05) is 30.0 Å². The molecule has 4 heteroatoms. The molecule has 0 aliphatic heterocycles. The fourth-order valence-corrected chi connectivity index (χ4v) is 2.38. The molecule has 0 bridgehead atoms. The molecule has 0 aliphatic rings. The molecule has 0 fully saturated rings. The van der Waals surface area contributed by atoms with E-state index >= 15 is 0 Å². The molecule has 0 heterocycles. The molecule has 82 valence electrons. The highest BCUT2D eigenvalue weighted by Crippen LogP contribution is 2.21. The van der Waals surface area contributed by atoms with Gasteiger partial charge in [0.1, 0.15) is 11.3 Å². The van der Waals surface area contributed by atoms with Crippen LogP contribution in [-0.4, -0.2) is 14.2 Å². The lowest BCUT2D eigenvalue weighted by Gasteiger charge is -2.18. The van der Waals surface area contributed by atoms with Crippen LogP contribution in [0.25, 0.3) is 0 Å². The van der Waals surface area contributed by atoms with Gasteiger partial charge in [0.25, 0.3) is 0 Å². The Kier molecular flexibility index (Phi) is 4.57. The first-order valence-electron chi connectivity index (χ1n) is 4.60. The molecule has 1 rings (SSSR count). The summed E-state index contributed by atoms with van der Waals surface area (Å²) in [5.41, 5.74) is -0.325. The second-order valence-electron chi connectivity index (χ2n) is 3.96. The Balaban J connectivity index is 2.68. The molecule has 0 unspecified atom stereocenters. The van der Waals surface area contributed by atoms with E-state index in [0.717, 1.165) is 4.90 Å². The standard InChI is InChI=1S/C11H14O2S2/c1-11(2,3)13-10(15-12)14-9-7-5-4-6-8-9/h4-8H,1-3H3. The Morgan fingerprint density at radius 2 is 1.80 bits per heavy atom.